The van der Waals surface area contributed by atoms with Crippen LogP contribution in [0.3, 0.4) is 0 Å². The second-order valence-electron chi connectivity index (χ2n) is 6.02. The Bertz CT molecular complexity index is 786. The summed E-state index contributed by atoms with van der Waals surface area (Å²) in [5.41, 5.74) is 1.72. The zero-order valence-corrected chi connectivity index (χ0v) is 16.8. The smallest absolute Gasteiger partial charge is 0.242 e. The number of carbonyl (C=O) groups is 2. The van der Waals surface area contributed by atoms with Crippen LogP contribution in [0.4, 0.5) is 4.39 Å². The third kappa shape index (κ3) is 6.26. The van der Waals surface area contributed by atoms with Gasteiger partial charge in [0.15, 0.2) is 0 Å². The molecule has 0 aliphatic carbocycles. The molecule has 0 bridgehead atoms. The van der Waals surface area contributed by atoms with Gasteiger partial charge in [-0.2, -0.15) is 0 Å². The first kappa shape index (κ1) is 21.3. The third-order valence-electron chi connectivity index (χ3n) is 4.12. The van der Waals surface area contributed by atoms with E-state index in [2.05, 4.69) is 5.32 Å². The van der Waals surface area contributed by atoms with E-state index in [1.165, 1.54) is 35.8 Å². The summed E-state index contributed by atoms with van der Waals surface area (Å²) < 4.78 is 13.1. The van der Waals surface area contributed by atoms with Crippen LogP contribution < -0.4 is 5.32 Å². The monoisotopic (exact) mass is 408 g/mol. The van der Waals surface area contributed by atoms with E-state index in [9.17, 15) is 14.0 Å². The Morgan fingerprint density at radius 1 is 1.19 bits per heavy atom. The van der Waals surface area contributed by atoms with Gasteiger partial charge in [0.05, 0.1) is 5.75 Å². The summed E-state index contributed by atoms with van der Waals surface area (Å²) in [6.45, 7) is 1.92. The Kier molecular flexibility index (Phi) is 8.13. The number of hydrogen-bond acceptors (Lipinski definition) is 3. The van der Waals surface area contributed by atoms with Crippen LogP contribution in [0.25, 0.3) is 0 Å². The molecule has 4 nitrogen and oxygen atoms in total. The fourth-order valence-electron chi connectivity index (χ4n) is 2.52. The highest BCUT2D eigenvalue weighted by molar-refractivity contribution is 7.99. The van der Waals surface area contributed by atoms with Crippen molar-refractivity contribution in [3.05, 3.63) is 70.5 Å². The maximum atomic E-state index is 13.1. The van der Waals surface area contributed by atoms with Crippen LogP contribution >= 0.6 is 23.4 Å². The van der Waals surface area contributed by atoms with Gasteiger partial charge in [-0.05, 0) is 36.2 Å². The lowest BCUT2D eigenvalue weighted by molar-refractivity contribution is -0.138. The quantitative estimate of drug-likeness (QED) is 0.721. The molecule has 2 amide bonds. The van der Waals surface area contributed by atoms with E-state index in [1.54, 1.807) is 19.1 Å². The zero-order chi connectivity index (χ0) is 19.8. The molecule has 0 saturated heterocycles. The fraction of sp³-hybridized carbons (Fsp3) is 0.300. The van der Waals surface area contributed by atoms with Crippen LogP contribution in [-0.2, 0) is 21.9 Å². The molecule has 0 aromatic heterocycles. The number of nitrogens with zero attached hydrogens (tertiary/aromatic N) is 1. The molecule has 0 heterocycles. The summed E-state index contributed by atoms with van der Waals surface area (Å²) in [6, 6.07) is 12.8. The molecule has 0 aliphatic rings. The van der Waals surface area contributed by atoms with Crippen molar-refractivity contribution in [3.63, 3.8) is 0 Å². The van der Waals surface area contributed by atoms with Crippen molar-refractivity contribution in [3.8, 4) is 0 Å². The number of hydrogen-bond donors (Lipinski definition) is 1. The highest BCUT2D eigenvalue weighted by Gasteiger charge is 2.25. The number of benzene rings is 2. The van der Waals surface area contributed by atoms with E-state index in [1.807, 2.05) is 24.3 Å². The summed E-state index contributed by atoms with van der Waals surface area (Å²) in [5.74, 6) is 0.0677. The van der Waals surface area contributed by atoms with Gasteiger partial charge >= 0.3 is 0 Å². The molecule has 0 aliphatic heterocycles. The van der Waals surface area contributed by atoms with Crippen LogP contribution in [0.2, 0.25) is 5.02 Å². The molecule has 7 heteroatoms. The van der Waals surface area contributed by atoms with Crippen molar-refractivity contribution >= 4 is 35.2 Å². The van der Waals surface area contributed by atoms with Crippen molar-refractivity contribution in [1.82, 2.24) is 10.2 Å². The Morgan fingerprint density at radius 2 is 1.85 bits per heavy atom. The lowest BCUT2D eigenvalue weighted by Crippen LogP contribution is -2.47. The van der Waals surface area contributed by atoms with E-state index in [0.717, 1.165) is 11.1 Å². The topological polar surface area (TPSA) is 49.4 Å². The summed E-state index contributed by atoms with van der Waals surface area (Å²) in [6.07, 6.45) is 0. The van der Waals surface area contributed by atoms with E-state index in [4.69, 9.17) is 11.6 Å². The molecule has 0 unspecified atom stereocenters. The lowest BCUT2D eigenvalue weighted by atomic mass is 10.1. The van der Waals surface area contributed by atoms with Gasteiger partial charge in [-0.1, -0.05) is 41.9 Å². The Labute approximate surface area is 168 Å². The summed E-state index contributed by atoms with van der Waals surface area (Å²) in [5, 5.41) is 3.23. The van der Waals surface area contributed by atoms with E-state index in [-0.39, 0.29) is 29.9 Å². The molecule has 2 rings (SSSR count). The summed E-state index contributed by atoms with van der Waals surface area (Å²) in [7, 11) is 1.53. The van der Waals surface area contributed by atoms with E-state index < -0.39 is 6.04 Å². The number of likely N-dealkylation sites (N-methyl/N-ethyl adjacent to an activating group) is 1. The van der Waals surface area contributed by atoms with Gasteiger partial charge in [0.1, 0.15) is 11.9 Å². The SMILES string of the molecule is CNC(=O)[C@@H](C)N(Cc1ccc(F)cc1)C(=O)CSCc1ccccc1Cl. The van der Waals surface area contributed by atoms with Crippen LogP contribution in [0.1, 0.15) is 18.1 Å². The number of rotatable bonds is 8. The van der Waals surface area contributed by atoms with E-state index >= 15 is 0 Å². The second kappa shape index (κ2) is 10.3. The minimum absolute atomic E-state index is 0.160. The average Bonchev–Trinajstić information content (AvgIpc) is 2.67. The highest BCUT2D eigenvalue weighted by Crippen LogP contribution is 2.21. The van der Waals surface area contributed by atoms with Gasteiger partial charge in [0.2, 0.25) is 11.8 Å². The summed E-state index contributed by atoms with van der Waals surface area (Å²) >= 11 is 7.58. The molecular weight excluding hydrogens is 387 g/mol. The average molecular weight is 409 g/mol. The predicted octanol–water partition coefficient (Wildman–Crippen LogP) is 3.88. The molecule has 144 valence electrons. The van der Waals surface area contributed by atoms with Crippen LogP contribution in [-0.4, -0.2) is 35.6 Å². The summed E-state index contributed by atoms with van der Waals surface area (Å²) in [4.78, 5) is 26.3. The Hall–Kier alpha value is -2.05. The Morgan fingerprint density at radius 3 is 2.48 bits per heavy atom. The molecule has 2 aromatic carbocycles. The first-order valence-electron chi connectivity index (χ1n) is 8.49. The molecule has 0 fully saturated rings. The minimum atomic E-state index is -0.631. The minimum Gasteiger partial charge on any atom is -0.357 e. The number of thioether (sulfide) groups is 1. The maximum Gasteiger partial charge on any atom is 0.242 e. The van der Waals surface area contributed by atoms with Crippen LogP contribution in [0.5, 0.6) is 0 Å². The number of amides is 2. The Balaban J connectivity index is 2.04. The first-order valence-corrected chi connectivity index (χ1v) is 10.0. The molecule has 27 heavy (non-hydrogen) atoms. The number of carbonyl (C=O) groups excluding carboxylic acids is 2. The lowest BCUT2D eigenvalue weighted by Gasteiger charge is -2.28. The van der Waals surface area contributed by atoms with Gasteiger partial charge in [0.25, 0.3) is 0 Å². The standard InChI is InChI=1S/C20H22ClFN2O2S/c1-14(20(26)23-2)24(11-15-7-9-17(22)10-8-15)19(25)13-27-12-16-5-3-4-6-18(16)21/h3-10,14H,11-13H2,1-2H3,(H,23,26)/t14-/m1/s1. The molecule has 0 spiro atoms. The third-order valence-corrected chi connectivity index (χ3v) is 5.46. The van der Waals surface area contributed by atoms with Gasteiger partial charge in [0, 0.05) is 24.4 Å². The van der Waals surface area contributed by atoms with Crippen molar-refractivity contribution < 1.29 is 14.0 Å². The predicted molar refractivity (Wildman–Crippen MR) is 108 cm³/mol. The van der Waals surface area contributed by atoms with Crippen molar-refractivity contribution in [2.24, 2.45) is 0 Å². The number of nitrogens with one attached hydrogen (secondary N) is 1. The van der Waals surface area contributed by atoms with Gasteiger partial charge in [-0.25, -0.2) is 4.39 Å². The van der Waals surface area contributed by atoms with Gasteiger partial charge in [-0.3, -0.25) is 9.59 Å². The maximum absolute atomic E-state index is 13.1. The van der Waals surface area contributed by atoms with Crippen LogP contribution in [0.15, 0.2) is 48.5 Å². The molecule has 2 aromatic rings. The van der Waals surface area contributed by atoms with Crippen LogP contribution in [0, 0.1) is 5.82 Å². The molecular formula is C20H22ClFN2O2S. The molecule has 1 N–H and O–H groups in total. The number of halogens is 2. The van der Waals surface area contributed by atoms with E-state index in [0.29, 0.717) is 10.8 Å². The van der Waals surface area contributed by atoms with Crippen molar-refractivity contribution in [2.75, 3.05) is 12.8 Å². The van der Waals surface area contributed by atoms with Gasteiger partial charge < -0.3 is 10.2 Å². The first-order chi connectivity index (χ1) is 12.9. The fourth-order valence-corrected chi connectivity index (χ4v) is 3.72. The second-order valence-corrected chi connectivity index (χ2v) is 7.42. The van der Waals surface area contributed by atoms with Crippen molar-refractivity contribution in [1.29, 1.82) is 0 Å². The molecule has 0 radical (unpaired) electrons. The normalized spacial score (nSPS) is 11.7. The zero-order valence-electron chi connectivity index (χ0n) is 15.2. The molecule has 0 saturated carbocycles. The van der Waals surface area contributed by atoms with Gasteiger partial charge in [-0.15, -0.1) is 11.8 Å². The van der Waals surface area contributed by atoms with Crippen molar-refractivity contribution in [2.45, 2.75) is 25.3 Å². The molecule has 1 atom stereocenters. The largest absolute Gasteiger partial charge is 0.357 e. The highest BCUT2D eigenvalue weighted by atomic mass is 35.5.